The molecule has 0 nitrogen and oxygen atoms in total. The summed E-state index contributed by atoms with van der Waals surface area (Å²) in [6, 6.07) is 12.5. The van der Waals surface area contributed by atoms with Gasteiger partial charge in [-0.1, -0.05) is 56.2 Å². The molecule has 3 rings (SSSR count). The van der Waals surface area contributed by atoms with E-state index in [1.165, 1.54) is 30.3 Å². The molecule has 0 fully saturated rings. The minimum Gasteiger partial charge on any atom is -0.206 e. The third-order valence-corrected chi connectivity index (χ3v) is 5.15. The van der Waals surface area contributed by atoms with E-state index >= 15 is 0 Å². The van der Waals surface area contributed by atoms with E-state index in [0.717, 1.165) is 43.4 Å². The van der Waals surface area contributed by atoms with Crippen LogP contribution in [0, 0.1) is 17.5 Å². The number of unbranched alkanes of at least 4 members (excludes halogenated alkanes) is 2. The molecule has 32 heavy (non-hydrogen) atoms. The predicted molar refractivity (Wildman–Crippen MR) is 116 cm³/mol. The fraction of sp³-hybridized carbons (Fsp3) is 0.231. The molecule has 0 saturated carbocycles. The van der Waals surface area contributed by atoms with Crippen LogP contribution in [-0.4, -0.2) is 6.18 Å². The highest BCUT2D eigenvalue weighted by Gasteiger charge is 2.22. The van der Waals surface area contributed by atoms with Gasteiger partial charge in [0.1, 0.15) is 17.5 Å². The average Bonchev–Trinajstić information content (AvgIpc) is 2.72. The van der Waals surface area contributed by atoms with Crippen molar-refractivity contribution in [2.45, 2.75) is 38.8 Å². The maximum atomic E-state index is 14.8. The van der Waals surface area contributed by atoms with Gasteiger partial charge in [-0.3, -0.25) is 0 Å². The molecule has 0 aromatic heterocycles. The van der Waals surface area contributed by atoms with Gasteiger partial charge in [-0.25, -0.2) is 13.2 Å². The first-order valence-corrected chi connectivity index (χ1v) is 10.3. The SMILES string of the molecule is CCCCCc1ccc(-c2ccc(-c3ccc(/C=C/C(F)(F)F)c(F)c3)c(F)c2)c(F)c1. The lowest BCUT2D eigenvalue weighted by molar-refractivity contribution is -0.0790. The van der Waals surface area contributed by atoms with Crippen molar-refractivity contribution >= 4 is 6.08 Å². The quantitative estimate of drug-likeness (QED) is 0.250. The smallest absolute Gasteiger partial charge is 0.206 e. The first-order chi connectivity index (χ1) is 15.2. The molecule has 0 N–H and O–H groups in total. The Bertz CT molecular complexity index is 1110. The zero-order valence-electron chi connectivity index (χ0n) is 17.4. The molecule has 6 heteroatoms. The van der Waals surface area contributed by atoms with Gasteiger partial charge in [0, 0.05) is 22.8 Å². The van der Waals surface area contributed by atoms with E-state index < -0.39 is 23.6 Å². The van der Waals surface area contributed by atoms with E-state index in [0.29, 0.717) is 11.6 Å². The summed E-state index contributed by atoms with van der Waals surface area (Å²) in [5, 5.41) is 0. The van der Waals surface area contributed by atoms with Gasteiger partial charge in [0.15, 0.2) is 0 Å². The highest BCUT2D eigenvalue weighted by Crippen LogP contribution is 2.31. The Morgan fingerprint density at radius 2 is 1.31 bits per heavy atom. The van der Waals surface area contributed by atoms with Crippen LogP contribution >= 0.6 is 0 Å². The number of halogens is 6. The molecule has 0 atom stereocenters. The Morgan fingerprint density at radius 3 is 1.88 bits per heavy atom. The second-order valence-electron chi connectivity index (χ2n) is 7.58. The molecule has 0 bridgehead atoms. The lowest BCUT2D eigenvalue weighted by atomic mass is 9.97. The fourth-order valence-corrected chi connectivity index (χ4v) is 3.46. The van der Waals surface area contributed by atoms with Crippen molar-refractivity contribution in [2.75, 3.05) is 0 Å². The topological polar surface area (TPSA) is 0 Å². The Labute approximate surface area is 183 Å². The third kappa shape index (κ3) is 6.02. The third-order valence-electron chi connectivity index (χ3n) is 5.15. The molecule has 0 amide bonds. The van der Waals surface area contributed by atoms with Gasteiger partial charge in [-0.05, 0) is 53.8 Å². The summed E-state index contributed by atoms with van der Waals surface area (Å²) in [5.41, 5.74) is 1.46. The monoisotopic (exact) mass is 448 g/mol. The summed E-state index contributed by atoms with van der Waals surface area (Å²) in [4.78, 5) is 0. The van der Waals surface area contributed by atoms with E-state index in [1.54, 1.807) is 6.07 Å². The zero-order chi connectivity index (χ0) is 23.3. The van der Waals surface area contributed by atoms with Crippen LogP contribution in [0.25, 0.3) is 28.3 Å². The van der Waals surface area contributed by atoms with Crippen LogP contribution in [0.5, 0.6) is 0 Å². The van der Waals surface area contributed by atoms with Gasteiger partial charge in [0.2, 0.25) is 0 Å². The highest BCUT2D eigenvalue weighted by molar-refractivity contribution is 5.72. The summed E-state index contributed by atoms with van der Waals surface area (Å²) in [6.45, 7) is 2.09. The predicted octanol–water partition coefficient (Wildman–Crippen LogP) is 8.75. The summed E-state index contributed by atoms with van der Waals surface area (Å²) in [5.74, 6) is -2.04. The van der Waals surface area contributed by atoms with Crippen LogP contribution in [0.1, 0.15) is 37.3 Å². The van der Waals surface area contributed by atoms with Crippen LogP contribution < -0.4 is 0 Å². The molecular weight excluding hydrogens is 426 g/mol. The van der Waals surface area contributed by atoms with E-state index in [4.69, 9.17) is 0 Å². The van der Waals surface area contributed by atoms with Crippen LogP contribution in [0.3, 0.4) is 0 Å². The molecule has 0 aliphatic carbocycles. The van der Waals surface area contributed by atoms with Crippen molar-refractivity contribution in [3.63, 3.8) is 0 Å². The average molecular weight is 448 g/mol. The Kier molecular flexibility index (Phi) is 7.44. The van der Waals surface area contributed by atoms with E-state index in [9.17, 15) is 26.3 Å². The molecule has 0 radical (unpaired) electrons. The molecule has 0 spiro atoms. The maximum absolute atomic E-state index is 14.8. The van der Waals surface area contributed by atoms with Gasteiger partial charge in [-0.15, -0.1) is 0 Å². The number of hydrogen-bond acceptors (Lipinski definition) is 0. The second kappa shape index (κ2) is 10.1. The van der Waals surface area contributed by atoms with Gasteiger partial charge >= 0.3 is 6.18 Å². The minimum atomic E-state index is -4.56. The Morgan fingerprint density at radius 1 is 0.719 bits per heavy atom. The number of allylic oxidation sites excluding steroid dienone is 1. The fourth-order valence-electron chi connectivity index (χ4n) is 3.46. The van der Waals surface area contributed by atoms with E-state index in [2.05, 4.69) is 6.92 Å². The van der Waals surface area contributed by atoms with Crippen molar-refractivity contribution < 1.29 is 26.3 Å². The minimum absolute atomic E-state index is 0.0654. The van der Waals surface area contributed by atoms with Gasteiger partial charge < -0.3 is 0 Å². The maximum Gasteiger partial charge on any atom is 0.409 e. The first-order valence-electron chi connectivity index (χ1n) is 10.3. The Hall–Kier alpha value is -3.02. The van der Waals surface area contributed by atoms with Crippen LogP contribution in [0.2, 0.25) is 0 Å². The van der Waals surface area contributed by atoms with Crippen molar-refractivity contribution in [3.8, 4) is 22.3 Å². The molecule has 0 heterocycles. The summed E-state index contributed by atoms with van der Waals surface area (Å²) in [6.07, 6.45) is -0.120. The van der Waals surface area contributed by atoms with Gasteiger partial charge in [-0.2, -0.15) is 13.2 Å². The lowest BCUT2D eigenvalue weighted by Crippen LogP contribution is -2.00. The normalized spacial score (nSPS) is 12.0. The summed E-state index contributed by atoms with van der Waals surface area (Å²) < 4.78 is 80.4. The molecule has 168 valence electrons. The van der Waals surface area contributed by atoms with E-state index in [-0.39, 0.29) is 28.3 Å². The number of hydrogen-bond donors (Lipinski definition) is 0. The zero-order valence-corrected chi connectivity index (χ0v) is 17.4. The molecular formula is C26H22F6. The highest BCUT2D eigenvalue weighted by atomic mass is 19.4. The molecule has 3 aromatic carbocycles. The van der Waals surface area contributed by atoms with Crippen LogP contribution in [0.4, 0.5) is 26.3 Å². The van der Waals surface area contributed by atoms with Gasteiger partial charge in [0.25, 0.3) is 0 Å². The number of alkyl halides is 3. The standard InChI is InChI=1S/C26H22F6/c1-2-3-4-5-17-6-10-21(24(28)14-17)20-9-11-22(25(29)16-20)19-8-7-18(23(27)15-19)12-13-26(30,31)32/h6-16H,2-5H2,1H3/b13-12+. The summed E-state index contributed by atoms with van der Waals surface area (Å²) >= 11 is 0. The number of aryl methyl sites for hydroxylation is 1. The van der Waals surface area contributed by atoms with Gasteiger partial charge in [0.05, 0.1) is 0 Å². The second-order valence-corrected chi connectivity index (χ2v) is 7.58. The van der Waals surface area contributed by atoms with Crippen molar-refractivity contribution in [3.05, 3.63) is 89.3 Å². The van der Waals surface area contributed by atoms with Crippen LogP contribution in [0.15, 0.2) is 60.7 Å². The Balaban J connectivity index is 1.84. The van der Waals surface area contributed by atoms with Crippen molar-refractivity contribution in [1.82, 2.24) is 0 Å². The van der Waals surface area contributed by atoms with E-state index in [1.807, 2.05) is 6.07 Å². The number of rotatable bonds is 7. The molecule has 0 aliphatic heterocycles. The van der Waals surface area contributed by atoms with Crippen molar-refractivity contribution in [1.29, 1.82) is 0 Å². The largest absolute Gasteiger partial charge is 0.409 e. The van der Waals surface area contributed by atoms with Crippen molar-refractivity contribution in [2.24, 2.45) is 0 Å². The van der Waals surface area contributed by atoms with Crippen LogP contribution in [-0.2, 0) is 6.42 Å². The molecule has 3 aromatic rings. The number of benzene rings is 3. The molecule has 0 saturated heterocycles. The lowest BCUT2D eigenvalue weighted by Gasteiger charge is -2.10. The summed E-state index contributed by atoms with van der Waals surface area (Å²) in [7, 11) is 0. The molecule has 0 unspecified atom stereocenters. The molecule has 0 aliphatic rings. The first kappa shape index (κ1) is 23.6.